The van der Waals surface area contributed by atoms with Gasteiger partial charge in [0, 0.05) is 0 Å². The van der Waals surface area contributed by atoms with Gasteiger partial charge in [-0.25, -0.2) is 17.8 Å². The van der Waals surface area contributed by atoms with Crippen molar-refractivity contribution in [2.45, 2.75) is 11.8 Å². The van der Waals surface area contributed by atoms with Crippen molar-refractivity contribution in [3.05, 3.63) is 53.7 Å². The molecule has 0 aliphatic rings. The zero-order chi connectivity index (χ0) is 14.0. The van der Waals surface area contributed by atoms with Crippen molar-refractivity contribution >= 4 is 15.8 Å². The highest BCUT2D eigenvalue weighted by Crippen LogP contribution is 2.17. The van der Waals surface area contributed by atoms with Gasteiger partial charge in [-0.05, 0) is 36.8 Å². The van der Waals surface area contributed by atoms with Crippen molar-refractivity contribution in [3.8, 4) is 0 Å². The second-order valence-electron chi connectivity index (χ2n) is 3.86. The van der Waals surface area contributed by atoms with E-state index >= 15 is 0 Å². The molecule has 7 heteroatoms. The molecule has 1 aromatic heterocycles. The number of aromatic nitrogens is 1. The number of aryl methyl sites for hydroxylation is 1. The maximum absolute atomic E-state index is 13.3. The smallest absolute Gasteiger partial charge is 0.263 e. The highest BCUT2D eigenvalue weighted by atomic mass is 32.2. The maximum atomic E-state index is 13.3. The standard InChI is InChI=1S/C12H10F2N2O2S/c1-8-5-6-9(7-10(8)13)19(17,18)16-12-4-2-3-11(14)15-12/h2-7H,1H3,(H,15,16). The Morgan fingerprint density at radius 1 is 1.16 bits per heavy atom. The summed E-state index contributed by atoms with van der Waals surface area (Å²) in [7, 11) is -3.99. The van der Waals surface area contributed by atoms with Crippen LogP contribution < -0.4 is 4.72 Å². The van der Waals surface area contributed by atoms with E-state index < -0.39 is 21.8 Å². The lowest BCUT2D eigenvalue weighted by atomic mass is 10.2. The molecule has 0 saturated heterocycles. The third kappa shape index (κ3) is 3.05. The molecule has 0 radical (unpaired) electrons. The number of nitrogens with zero attached hydrogens (tertiary/aromatic N) is 1. The molecule has 0 unspecified atom stereocenters. The van der Waals surface area contributed by atoms with Crippen LogP contribution in [0.25, 0.3) is 0 Å². The Labute approximate surface area is 109 Å². The first-order valence-corrected chi connectivity index (χ1v) is 6.78. The number of benzene rings is 1. The highest BCUT2D eigenvalue weighted by molar-refractivity contribution is 7.92. The number of hydrogen-bond donors (Lipinski definition) is 1. The first-order valence-electron chi connectivity index (χ1n) is 5.30. The van der Waals surface area contributed by atoms with Gasteiger partial charge in [0.25, 0.3) is 10.0 Å². The van der Waals surface area contributed by atoms with E-state index in [2.05, 4.69) is 9.71 Å². The van der Waals surface area contributed by atoms with Crippen LogP contribution in [0.3, 0.4) is 0 Å². The number of anilines is 1. The molecule has 0 amide bonds. The van der Waals surface area contributed by atoms with E-state index in [1.165, 1.54) is 31.2 Å². The molecule has 0 fully saturated rings. The predicted octanol–water partition coefficient (Wildman–Crippen LogP) is 2.47. The van der Waals surface area contributed by atoms with Gasteiger partial charge in [0.2, 0.25) is 5.95 Å². The highest BCUT2D eigenvalue weighted by Gasteiger charge is 2.16. The predicted molar refractivity (Wildman–Crippen MR) is 66.1 cm³/mol. The average Bonchev–Trinajstić information content (AvgIpc) is 2.32. The Kier molecular flexibility index (Phi) is 3.48. The lowest BCUT2D eigenvalue weighted by Crippen LogP contribution is -2.14. The summed E-state index contributed by atoms with van der Waals surface area (Å²) in [5.74, 6) is -1.61. The summed E-state index contributed by atoms with van der Waals surface area (Å²) in [6.45, 7) is 1.52. The van der Waals surface area contributed by atoms with Gasteiger partial charge < -0.3 is 0 Å². The molecule has 0 aliphatic heterocycles. The van der Waals surface area contributed by atoms with E-state index in [0.29, 0.717) is 5.56 Å². The topological polar surface area (TPSA) is 59.1 Å². The number of sulfonamides is 1. The van der Waals surface area contributed by atoms with Crippen LogP contribution in [-0.2, 0) is 10.0 Å². The van der Waals surface area contributed by atoms with Crippen molar-refractivity contribution in [1.82, 2.24) is 4.98 Å². The summed E-state index contributed by atoms with van der Waals surface area (Å²) in [6.07, 6.45) is 0. The molecular formula is C12H10F2N2O2S. The fraction of sp³-hybridized carbons (Fsp3) is 0.0833. The number of rotatable bonds is 3. The first kappa shape index (κ1) is 13.4. The zero-order valence-corrected chi connectivity index (χ0v) is 10.7. The molecular weight excluding hydrogens is 274 g/mol. The van der Waals surface area contributed by atoms with Crippen LogP contribution >= 0.6 is 0 Å². The Morgan fingerprint density at radius 3 is 2.53 bits per heavy atom. The molecule has 0 bridgehead atoms. The molecule has 1 N–H and O–H groups in total. The van der Waals surface area contributed by atoms with E-state index in [4.69, 9.17) is 0 Å². The Bertz CT molecular complexity index is 717. The molecule has 1 heterocycles. The Balaban J connectivity index is 2.35. The van der Waals surface area contributed by atoms with Gasteiger partial charge in [-0.2, -0.15) is 4.39 Å². The summed E-state index contributed by atoms with van der Waals surface area (Å²) in [5.41, 5.74) is 0.336. The van der Waals surface area contributed by atoms with Gasteiger partial charge in [-0.3, -0.25) is 4.72 Å². The lowest BCUT2D eigenvalue weighted by Gasteiger charge is -2.08. The second kappa shape index (κ2) is 4.93. The SMILES string of the molecule is Cc1ccc(S(=O)(=O)Nc2cccc(F)n2)cc1F. The fourth-order valence-electron chi connectivity index (χ4n) is 1.40. The van der Waals surface area contributed by atoms with E-state index in [1.54, 1.807) is 0 Å². The minimum absolute atomic E-state index is 0.166. The largest absolute Gasteiger partial charge is 0.263 e. The van der Waals surface area contributed by atoms with Gasteiger partial charge in [0.05, 0.1) is 4.90 Å². The quantitative estimate of drug-likeness (QED) is 0.881. The van der Waals surface area contributed by atoms with Gasteiger partial charge in [-0.1, -0.05) is 12.1 Å². The number of hydrogen-bond acceptors (Lipinski definition) is 3. The molecule has 0 saturated carbocycles. The first-order chi connectivity index (χ1) is 8.88. The zero-order valence-electron chi connectivity index (χ0n) is 9.89. The van der Waals surface area contributed by atoms with Crippen molar-refractivity contribution in [1.29, 1.82) is 0 Å². The van der Waals surface area contributed by atoms with Crippen LogP contribution in [0.2, 0.25) is 0 Å². The van der Waals surface area contributed by atoms with E-state index in [9.17, 15) is 17.2 Å². The summed E-state index contributed by atoms with van der Waals surface area (Å²) in [6, 6.07) is 7.21. The van der Waals surface area contributed by atoms with E-state index in [-0.39, 0.29) is 10.7 Å². The van der Waals surface area contributed by atoms with Crippen molar-refractivity contribution < 1.29 is 17.2 Å². The van der Waals surface area contributed by atoms with Crippen LogP contribution in [0.1, 0.15) is 5.56 Å². The van der Waals surface area contributed by atoms with Gasteiger partial charge in [0.1, 0.15) is 11.6 Å². The summed E-state index contributed by atoms with van der Waals surface area (Å²) in [4.78, 5) is 3.12. The van der Waals surface area contributed by atoms with Gasteiger partial charge in [0.15, 0.2) is 0 Å². The summed E-state index contributed by atoms with van der Waals surface area (Å²) >= 11 is 0. The molecule has 0 aliphatic carbocycles. The van der Waals surface area contributed by atoms with E-state index in [1.807, 2.05) is 0 Å². The van der Waals surface area contributed by atoms with Crippen molar-refractivity contribution in [3.63, 3.8) is 0 Å². The van der Waals surface area contributed by atoms with Crippen LogP contribution in [-0.4, -0.2) is 13.4 Å². The Morgan fingerprint density at radius 2 is 1.89 bits per heavy atom. The molecule has 0 spiro atoms. The Hall–Kier alpha value is -2.02. The molecule has 100 valence electrons. The molecule has 19 heavy (non-hydrogen) atoms. The van der Waals surface area contributed by atoms with E-state index in [0.717, 1.165) is 12.1 Å². The van der Waals surface area contributed by atoms with Gasteiger partial charge >= 0.3 is 0 Å². The minimum Gasteiger partial charge on any atom is -0.263 e. The van der Waals surface area contributed by atoms with Crippen molar-refractivity contribution in [2.75, 3.05) is 4.72 Å². The van der Waals surface area contributed by atoms with Crippen LogP contribution in [0.15, 0.2) is 41.3 Å². The number of nitrogens with one attached hydrogen (secondary N) is 1. The molecule has 2 rings (SSSR count). The minimum atomic E-state index is -3.99. The monoisotopic (exact) mass is 284 g/mol. The summed E-state index contributed by atoms with van der Waals surface area (Å²) < 4.78 is 52.1. The van der Waals surface area contributed by atoms with Crippen LogP contribution in [0.5, 0.6) is 0 Å². The van der Waals surface area contributed by atoms with Crippen LogP contribution in [0.4, 0.5) is 14.6 Å². The van der Waals surface area contributed by atoms with Crippen molar-refractivity contribution in [2.24, 2.45) is 0 Å². The average molecular weight is 284 g/mol. The number of pyridine rings is 1. The number of halogens is 2. The summed E-state index contributed by atoms with van der Waals surface area (Å²) in [5, 5.41) is 0. The third-order valence-corrected chi connectivity index (χ3v) is 3.76. The van der Waals surface area contributed by atoms with Gasteiger partial charge in [-0.15, -0.1) is 0 Å². The normalized spacial score (nSPS) is 11.3. The maximum Gasteiger partial charge on any atom is 0.263 e. The van der Waals surface area contributed by atoms with Crippen LogP contribution in [0, 0.1) is 18.7 Å². The molecule has 2 aromatic rings. The fourth-order valence-corrected chi connectivity index (χ4v) is 2.42. The third-order valence-electron chi connectivity index (χ3n) is 2.41. The molecule has 0 atom stereocenters. The molecule has 1 aromatic carbocycles. The lowest BCUT2D eigenvalue weighted by molar-refractivity contribution is 0.584. The second-order valence-corrected chi connectivity index (χ2v) is 5.54. The molecule has 4 nitrogen and oxygen atoms in total.